The highest BCUT2D eigenvalue weighted by Gasteiger charge is 2.28. The highest BCUT2D eigenvalue weighted by atomic mass is 31.2. The summed E-state index contributed by atoms with van der Waals surface area (Å²) < 4.78 is 32.7. The van der Waals surface area contributed by atoms with Gasteiger partial charge in [0.05, 0.1) is 13.2 Å². The summed E-state index contributed by atoms with van der Waals surface area (Å²) >= 11 is 0. The smallest absolute Gasteiger partial charge is 0.472 e. The quantitative estimate of drug-likeness (QED) is 0.0231. The molecule has 3 atom stereocenters. The molecule has 0 aliphatic carbocycles. The maximum absolute atomic E-state index is 12.6. The van der Waals surface area contributed by atoms with Crippen molar-refractivity contribution in [3.63, 3.8) is 0 Å². The molecule has 0 rings (SSSR count). The van der Waals surface area contributed by atoms with Gasteiger partial charge >= 0.3 is 25.7 Å². The van der Waals surface area contributed by atoms with Gasteiger partial charge in [-0.3, -0.25) is 23.4 Å². The van der Waals surface area contributed by atoms with Crippen molar-refractivity contribution in [3.05, 3.63) is 36.5 Å². The van der Waals surface area contributed by atoms with Crippen molar-refractivity contribution < 1.29 is 47.5 Å². The lowest BCUT2D eigenvalue weighted by Gasteiger charge is -2.20. The van der Waals surface area contributed by atoms with Crippen LogP contribution >= 0.6 is 7.82 Å². The molecule has 0 spiro atoms. The number of ether oxygens (including phenoxy) is 2. The topological polar surface area (TPSA) is 172 Å². The molecule has 12 heteroatoms. The maximum Gasteiger partial charge on any atom is 0.472 e. The molecule has 0 fully saturated rings. The number of nitrogens with two attached hydrogens (primary N) is 1. The van der Waals surface area contributed by atoms with Gasteiger partial charge in [0, 0.05) is 12.8 Å². The first-order valence-corrected chi connectivity index (χ1v) is 24.5. The number of esters is 2. The molecule has 3 unspecified atom stereocenters. The van der Waals surface area contributed by atoms with Gasteiger partial charge in [-0.2, -0.15) is 0 Å². The zero-order valence-electron chi connectivity index (χ0n) is 36.6. The van der Waals surface area contributed by atoms with Gasteiger partial charge in [-0.15, -0.1) is 0 Å². The van der Waals surface area contributed by atoms with Crippen LogP contribution in [-0.2, 0) is 37.5 Å². The van der Waals surface area contributed by atoms with Gasteiger partial charge in [0.15, 0.2) is 6.10 Å². The van der Waals surface area contributed by atoms with Crippen LogP contribution < -0.4 is 5.73 Å². The second-order valence-corrected chi connectivity index (χ2v) is 17.0. The molecule has 0 amide bonds. The molecule has 0 bridgehead atoms. The molecular weight excluding hydrogens is 757 g/mol. The SMILES string of the molecule is CC/C=C\C/C=C\C/C=C\CCCCCCCC(=O)OC(COC(=O)CCCCCCCCCCCCCCCCCCCCC)COP(=O)(O)OCC(N)C(=O)O. The van der Waals surface area contributed by atoms with E-state index in [9.17, 15) is 23.8 Å². The lowest BCUT2D eigenvalue weighted by molar-refractivity contribution is -0.161. The van der Waals surface area contributed by atoms with Crippen molar-refractivity contribution in [1.82, 2.24) is 0 Å². The van der Waals surface area contributed by atoms with E-state index < -0.39 is 51.1 Å². The molecule has 0 aromatic heterocycles. The van der Waals surface area contributed by atoms with Crippen LogP contribution in [0.5, 0.6) is 0 Å². The molecule has 0 saturated heterocycles. The second kappa shape index (κ2) is 41.4. The minimum Gasteiger partial charge on any atom is -0.480 e. The molecule has 0 saturated carbocycles. The maximum atomic E-state index is 12.6. The van der Waals surface area contributed by atoms with E-state index in [1.54, 1.807) is 0 Å². The van der Waals surface area contributed by atoms with Crippen LogP contribution in [0.1, 0.15) is 206 Å². The molecule has 11 nitrogen and oxygen atoms in total. The Bertz CT molecular complexity index is 1130. The van der Waals surface area contributed by atoms with Gasteiger partial charge in [-0.1, -0.05) is 185 Å². The van der Waals surface area contributed by atoms with E-state index in [-0.39, 0.29) is 19.4 Å². The third-order valence-electron chi connectivity index (χ3n) is 9.90. The fourth-order valence-corrected chi connectivity index (χ4v) is 7.09. The van der Waals surface area contributed by atoms with E-state index in [0.717, 1.165) is 70.6 Å². The van der Waals surface area contributed by atoms with Gasteiger partial charge in [0.1, 0.15) is 12.6 Å². The number of rotatable bonds is 43. The summed E-state index contributed by atoms with van der Waals surface area (Å²) in [6.45, 7) is 2.70. The van der Waals surface area contributed by atoms with Gasteiger partial charge < -0.3 is 25.2 Å². The van der Waals surface area contributed by atoms with Gasteiger partial charge in [0.2, 0.25) is 0 Å². The highest BCUT2D eigenvalue weighted by molar-refractivity contribution is 7.47. The monoisotopic (exact) mass is 842 g/mol. The molecule has 338 valence electrons. The molecule has 0 heterocycles. The number of hydrogen-bond donors (Lipinski definition) is 3. The summed E-state index contributed by atoms with van der Waals surface area (Å²) in [5.41, 5.74) is 5.34. The van der Waals surface area contributed by atoms with Crippen molar-refractivity contribution in [2.75, 3.05) is 19.8 Å². The summed E-state index contributed by atoms with van der Waals surface area (Å²) in [6.07, 6.45) is 44.9. The summed E-state index contributed by atoms with van der Waals surface area (Å²) in [4.78, 5) is 46.0. The molecule has 0 aliphatic rings. The first kappa shape index (κ1) is 55.7. The Morgan fingerprint density at radius 3 is 1.45 bits per heavy atom. The fraction of sp³-hybridized carbons (Fsp3) is 0.804. The number of allylic oxidation sites excluding steroid dienone is 6. The van der Waals surface area contributed by atoms with Crippen LogP contribution in [0.4, 0.5) is 0 Å². The number of unbranched alkanes of at least 4 members (excludes halogenated alkanes) is 23. The van der Waals surface area contributed by atoms with E-state index in [2.05, 4.69) is 54.8 Å². The molecule has 4 N–H and O–H groups in total. The standard InChI is InChI=1S/C46H84NO10P/c1-3-5-7-9-11-13-15-17-19-20-21-22-24-25-27-29-31-33-35-37-44(48)54-39-42(40-55-58(52,53)56-41-43(47)46(50)51)57-45(49)38-36-34-32-30-28-26-23-18-16-14-12-10-8-6-4-2/h6,8,12,14,18,23,42-43H,3-5,7,9-11,13,15-17,19-22,24-41,47H2,1-2H3,(H,50,51)(H,52,53)/b8-6-,14-12-,23-18-. The van der Waals surface area contributed by atoms with Crippen molar-refractivity contribution in [1.29, 1.82) is 0 Å². The van der Waals surface area contributed by atoms with E-state index in [1.807, 2.05) is 0 Å². The van der Waals surface area contributed by atoms with Crippen LogP contribution in [0, 0.1) is 0 Å². The molecule has 58 heavy (non-hydrogen) atoms. The molecule has 0 aromatic carbocycles. The zero-order chi connectivity index (χ0) is 42.8. The average Bonchev–Trinajstić information content (AvgIpc) is 3.20. The lowest BCUT2D eigenvalue weighted by Crippen LogP contribution is -2.34. The first-order valence-electron chi connectivity index (χ1n) is 23.0. The van der Waals surface area contributed by atoms with Crippen LogP contribution in [0.25, 0.3) is 0 Å². The number of carboxylic acids is 1. The van der Waals surface area contributed by atoms with E-state index in [0.29, 0.717) is 12.8 Å². The minimum atomic E-state index is -4.72. The van der Waals surface area contributed by atoms with Gasteiger partial charge in [-0.05, 0) is 44.9 Å². The van der Waals surface area contributed by atoms with Gasteiger partial charge in [-0.25, -0.2) is 4.57 Å². The Morgan fingerprint density at radius 1 is 0.552 bits per heavy atom. The van der Waals surface area contributed by atoms with Crippen LogP contribution in [0.2, 0.25) is 0 Å². The van der Waals surface area contributed by atoms with Crippen LogP contribution in [0.3, 0.4) is 0 Å². The number of phosphoric acid groups is 1. The number of aliphatic carboxylic acids is 1. The predicted molar refractivity (Wildman–Crippen MR) is 235 cm³/mol. The Hall–Kier alpha value is -2.30. The zero-order valence-corrected chi connectivity index (χ0v) is 37.5. The number of carbonyl (C=O) groups excluding carboxylic acids is 2. The molecule has 0 radical (unpaired) electrons. The van der Waals surface area contributed by atoms with Crippen molar-refractivity contribution in [2.24, 2.45) is 5.73 Å². The average molecular weight is 842 g/mol. The Kier molecular flexibility index (Phi) is 39.8. The first-order chi connectivity index (χ1) is 28.1. The summed E-state index contributed by atoms with van der Waals surface area (Å²) in [5.74, 6) is -2.39. The van der Waals surface area contributed by atoms with Crippen molar-refractivity contribution >= 4 is 25.7 Å². The molecule has 0 aliphatic heterocycles. The molecular formula is C46H84NO10P. The second-order valence-electron chi connectivity index (χ2n) is 15.5. The Balaban J connectivity index is 4.30. The highest BCUT2D eigenvalue weighted by Crippen LogP contribution is 2.43. The Morgan fingerprint density at radius 2 is 0.966 bits per heavy atom. The lowest BCUT2D eigenvalue weighted by atomic mass is 10.0. The van der Waals surface area contributed by atoms with Crippen LogP contribution in [0.15, 0.2) is 36.5 Å². The van der Waals surface area contributed by atoms with E-state index >= 15 is 0 Å². The number of phosphoric ester groups is 1. The summed E-state index contributed by atoms with van der Waals surface area (Å²) in [6, 6.07) is -1.52. The Labute approximate surface area is 353 Å². The summed E-state index contributed by atoms with van der Waals surface area (Å²) in [7, 11) is -4.72. The number of carboxylic acid groups (broad SMARTS) is 1. The third-order valence-corrected chi connectivity index (χ3v) is 10.9. The third kappa shape index (κ3) is 40.5. The van der Waals surface area contributed by atoms with E-state index in [1.165, 1.54) is 96.3 Å². The number of carbonyl (C=O) groups is 3. The van der Waals surface area contributed by atoms with E-state index in [4.69, 9.17) is 24.8 Å². The molecule has 0 aromatic rings. The largest absolute Gasteiger partial charge is 0.480 e. The fourth-order valence-electron chi connectivity index (χ4n) is 6.32. The van der Waals surface area contributed by atoms with Crippen molar-refractivity contribution in [3.8, 4) is 0 Å². The normalized spacial score (nSPS) is 14.0. The number of hydrogen-bond acceptors (Lipinski definition) is 9. The minimum absolute atomic E-state index is 0.143. The van der Waals surface area contributed by atoms with Crippen molar-refractivity contribution in [2.45, 2.75) is 219 Å². The predicted octanol–water partition coefficient (Wildman–Crippen LogP) is 12.4. The van der Waals surface area contributed by atoms with Gasteiger partial charge in [0.25, 0.3) is 0 Å². The summed E-state index contributed by atoms with van der Waals surface area (Å²) in [5, 5.41) is 8.89. The van der Waals surface area contributed by atoms with Crippen LogP contribution in [-0.4, -0.2) is 59.9 Å².